The Morgan fingerprint density at radius 1 is 1.00 bits per heavy atom. The molecule has 3 aromatic rings. The summed E-state index contributed by atoms with van der Waals surface area (Å²) in [6.07, 6.45) is -1.14. The SMILES string of the molecule is CC1CCN(S(=O)(=O)c2c(-c3ccccc3)c(-c3ccc(F)cc3)n(CC[C@@H](O)C[C@@H](O)CC(=O)O)c2C(C)C)CC1.[H-].[Na+]. The fourth-order valence-electron chi connectivity index (χ4n) is 5.81. The van der Waals surface area contributed by atoms with Crippen LogP contribution >= 0.6 is 0 Å². The topological polar surface area (TPSA) is 120 Å². The van der Waals surface area contributed by atoms with E-state index in [4.69, 9.17) is 5.11 Å². The van der Waals surface area contributed by atoms with E-state index in [1.807, 2.05) is 48.7 Å². The Hall–Kier alpha value is -2.05. The van der Waals surface area contributed by atoms with Crippen LogP contribution in [0.25, 0.3) is 22.4 Å². The van der Waals surface area contributed by atoms with Crippen molar-refractivity contribution in [3.63, 3.8) is 0 Å². The van der Waals surface area contributed by atoms with Crippen molar-refractivity contribution in [2.75, 3.05) is 13.1 Å². The van der Waals surface area contributed by atoms with Crippen LogP contribution in [0.3, 0.4) is 0 Å². The van der Waals surface area contributed by atoms with Crippen LogP contribution in [0.15, 0.2) is 59.5 Å². The van der Waals surface area contributed by atoms with E-state index in [-0.39, 0.29) is 61.2 Å². The van der Waals surface area contributed by atoms with Gasteiger partial charge in [-0.1, -0.05) is 51.1 Å². The Labute approximate surface area is 277 Å². The second-order valence-corrected chi connectivity index (χ2v) is 13.5. The minimum atomic E-state index is -3.96. The molecule has 2 aromatic carbocycles. The van der Waals surface area contributed by atoms with Gasteiger partial charge in [-0.15, -0.1) is 0 Å². The Morgan fingerprint density at radius 3 is 2.16 bits per heavy atom. The third-order valence-electron chi connectivity index (χ3n) is 7.97. The molecule has 2 atom stereocenters. The first-order valence-electron chi connectivity index (χ1n) is 14.6. The van der Waals surface area contributed by atoms with Gasteiger partial charge in [0.1, 0.15) is 10.7 Å². The van der Waals surface area contributed by atoms with Gasteiger partial charge in [-0.25, -0.2) is 12.8 Å². The average Bonchev–Trinajstić information content (AvgIpc) is 3.29. The Kier molecular flexibility index (Phi) is 12.6. The number of benzene rings is 2. The number of piperidine rings is 1. The summed E-state index contributed by atoms with van der Waals surface area (Å²) in [7, 11) is -3.96. The van der Waals surface area contributed by atoms with Crippen LogP contribution in [-0.2, 0) is 21.4 Å². The zero-order valence-corrected chi connectivity index (χ0v) is 28.2. The molecular formula is C32H42FN2NaO6S. The van der Waals surface area contributed by atoms with E-state index in [1.165, 1.54) is 12.1 Å². The molecule has 1 aliphatic heterocycles. The van der Waals surface area contributed by atoms with Crippen molar-refractivity contribution in [3.8, 4) is 22.4 Å². The van der Waals surface area contributed by atoms with Crippen molar-refractivity contribution in [3.05, 3.63) is 66.1 Å². The summed E-state index contributed by atoms with van der Waals surface area (Å²) in [4.78, 5) is 11.2. The Balaban J connectivity index is 0.00000337. The molecule has 43 heavy (non-hydrogen) atoms. The predicted molar refractivity (Wildman–Crippen MR) is 161 cm³/mol. The van der Waals surface area contributed by atoms with Gasteiger partial charge in [-0.05, 0) is 72.9 Å². The molecule has 0 radical (unpaired) electrons. The molecule has 0 aliphatic carbocycles. The fraction of sp³-hybridized carbons (Fsp3) is 0.469. The van der Waals surface area contributed by atoms with E-state index in [1.54, 1.807) is 16.4 Å². The number of carboxylic acid groups (broad SMARTS) is 1. The minimum absolute atomic E-state index is 0. The van der Waals surface area contributed by atoms with Crippen molar-refractivity contribution in [1.29, 1.82) is 0 Å². The zero-order valence-electron chi connectivity index (χ0n) is 26.4. The fourth-order valence-corrected chi connectivity index (χ4v) is 7.84. The predicted octanol–water partition coefficient (Wildman–Crippen LogP) is 2.60. The molecule has 230 valence electrons. The number of hydrogen-bond donors (Lipinski definition) is 3. The zero-order chi connectivity index (χ0) is 30.6. The maximum absolute atomic E-state index is 14.6. The van der Waals surface area contributed by atoms with Crippen molar-refractivity contribution >= 4 is 16.0 Å². The van der Waals surface area contributed by atoms with E-state index in [0.29, 0.717) is 47.1 Å². The van der Waals surface area contributed by atoms with E-state index < -0.39 is 40.4 Å². The Bertz CT molecular complexity index is 1480. The number of hydrogen-bond acceptors (Lipinski definition) is 5. The van der Waals surface area contributed by atoms with Crippen molar-refractivity contribution < 1.29 is 63.9 Å². The van der Waals surface area contributed by atoms with Crippen LogP contribution in [0, 0.1) is 11.7 Å². The van der Waals surface area contributed by atoms with Gasteiger partial charge in [0.2, 0.25) is 10.0 Å². The molecule has 1 aliphatic rings. The molecule has 0 spiro atoms. The monoisotopic (exact) mass is 624 g/mol. The number of carbonyl (C=O) groups is 1. The van der Waals surface area contributed by atoms with E-state index in [0.717, 1.165) is 12.8 Å². The largest absolute Gasteiger partial charge is 1.00 e. The molecule has 0 amide bonds. The molecule has 1 saturated heterocycles. The van der Waals surface area contributed by atoms with Gasteiger partial charge in [0.25, 0.3) is 0 Å². The van der Waals surface area contributed by atoms with Gasteiger partial charge in [0, 0.05) is 30.9 Å². The van der Waals surface area contributed by atoms with Crippen LogP contribution in [0.2, 0.25) is 0 Å². The smallest absolute Gasteiger partial charge is 1.00 e. The van der Waals surface area contributed by atoms with Crippen LogP contribution in [0.5, 0.6) is 0 Å². The van der Waals surface area contributed by atoms with Gasteiger partial charge in [-0.3, -0.25) is 4.79 Å². The van der Waals surface area contributed by atoms with E-state index in [9.17, 15) is 27.8 Å². The van der Waals surface area contributed by atoms with Crippen molar-refractivity contribution in [2.45, 2.75) is 82.4 Å². The number of sulfonamides is 1. The first kappa shape index (κ1) is 35.4. The molecule has 11 heteroatoms. The molecule has 1 fully saturated rings. The van der Waals surface area contributed by atoms with Gasteiger partial charge in [0.15, 0.2) is 0 Å². The number of rotatable bonds is 12. The maximum Gasteiger partial charge on any atom is 1.00 e. The summed E-state index contributed by atoms with van der Waals surface area (Å²) < 4.78 is 46.7. The molecule has 3 N–H and O–H groups in total. The third kappa shape index (κ3) is 8.36. The molecular weight excluding hydrogens is 582 g/mol. The third-order valence-corrected chi connectivity index (χ3v) is 9.94. The van der Waals surface area contributed by atoms with E-state index >= 15 is 0 Å². The molecule has 0 saturated carbocycles. The summed E-state index contributed by atoms with van der Waals surface area (Å²) in [5, 5.41) is 29.8. The normalized spacial score (nSPS) is 16.2. The van der Waals surface area contributed by atoms with Crippen LogP contribution in [0.1, 0.15) is 65.9 Å². The van der Waals surface area contributed by atoms with Crippen LogP contribution < -0.4 is 29.6 Å². The van der Waals surface area contributed by atoms with Gasteiger partial charge >= 0.3 is 35.5 Å². The molecule has 2 heterocycles. The van der Waals surface area contributed by atoms with Gasteiger partial charge in [0.05, 0.1) is 24.3 Å². The maximum atomic E-state index is 14.6. The molecule has 8 nitrogen and oxygen atoms in total. The van der Waals surface area contributed by atoms with Crippen LogP contribution in [-0.4, -0.2) is 63.9 Å². The van der Waals surface area contributed by atoms with Gasteiger partial charge in [-0.2, -0.15) is 4.31 Å². The summed E-state index contributed by atoms with van der Waals surface area (Å²) in [6, 6.07) is 15.2. The van der Waals surface area contributed by atoms with Crippen LogP contribution in [0.4, 0.5) is 4.39 Å². The number of aliphatic hydroxyl groups is 2. The molecule has 0 bridgehead atoms. The standard InChI is InChI=1S/C32H41FN2O6S.Na.H/c1-21(2)30-32(42(40,41)34-16-13-22(3)14-17-34)29(23-7-5-4-6-8-23)31(24-9-11-25(33)12-10-24)35(30)18-15-26(36)19-27(37)20-28(38)39;;/h4-12,21-22,26-27,36-37H,13-20H2,1-3H3,(H,38,39);;/q;+1;-1/t26-,27-;;/m1../s1. The quantitative estimate of drug-likeness (QED) is 0.267. The summed E-state index contributed by atoms with van der Waals surface area (Å²) in [6.45, 7) is 7.03. The average molecular weight is 625 g/mol. The molecule has 4 rings (SSSR count). The van der Waals surface area contributed by atoms with E-state index in [2.05, 4.69) is 6.92 Å². The summed E-state index contributed by atoms with van der Waals surface area (Å²) >= 11 is 0. The number of aromatic nitrogens is 1. The number of nitrogens with zero attached hydrogens (tertiary/aromatic N) is 2. The second kappa shape index (κ2) is 15.3. The molecule has 0 unspecified atom stereocenters. The number of carboxylic acids is 1. The summed E-state index contributed by atoms with van der Waals surface area (Å²) in [5.41, 5.74) is 3.06. The number of aliphatic carboxylic acids is 1. The first-order valence-corrected chi connectivity index (χ1v) is 16.0. The van der Waals surface area contributed by atoms with Crippen molar-refractivity contribution in [1.82, 2.24) is 8.87 Å². The minimum Gasteiger partial charge on any atom is -1.00 e. The second-order valence-electron chi connectivity index (χ2n) is 11.6. The van der Waals surface area contributed by atoms with Crippen molar-refractivity contribution in [2.24, 2.45) is 5.92 Å². The Morgan fingerprint density at radius 2 is 1.60 bits per heavy atom. The van der Waals surface area contributed by atoms with Gasteiger partial charge < -0.3 is 21.3 Å². The number of aliphatic hydroxyl groups excluding tert-OH is 2. The number of halogens is 1. The molecule has 1 aromatic heterocycles. The summed E-state index contributed by atoms with van der Waals surface area (Å²) in [5.74, 6) is -1.37. The first-order chi connectivity index (χ1) is 19.9.